The maximum Gasteiger partial charge on any atom is 0.333 e. The van der Waals surface area contributed by atoms with E-state index in [1.165, 1.54) is 10.4 Å². The van der Waals surface area contributed by atoms with E-state index in [0.717, 1.165) is 17.6 Å². The van der Waals surface area contributed by atoms with Gasteiger partial charge in [0.05, 0.1) is 18.8 Å². The molecule has 3 rings (SSSR count). The fraction of sp³-hybridized carbons (Fsp3) is 0.512. The minimum atomic E-state index is -2.95. The molecule has 1 aliphatic rings. The Hall–Kier alpha value is -3.11. The maximum absolute atomic E-state index is 12.2. The van der Waals surface area contributed by atoms with Crippen LogP contribution in [0, 0.1) is 5.92 Å². The third-order valence-corrected chi connectivity index (χ3v) is 14.8. The first-order valence-corrected chi connectivity index (χ1v) is 20.2. The highest BCUT2D eigenvalue weighted by atomic mass is 28.4. The zero-order chi connectivity index (χ0) is 37.8. The van der Waals surface area contributed by atoms with E-state index in [-0.39, 0.29) is 29.1 Å². The van der Waals surface area contributed by atoms with Gasteiger partial charge in [-0.05, 0) is 56.5 Å². The smallest absolute Gasteiger partial charge is 0.333 e. The summed E-state index contributed by atoms with van der Waals surface area (Å²) in [5.41, 5.74) is 2.73. The molecule has 1 heterocycles. The molecule has 0 spiro atoms. The number of methoxy groups -OCH3 is 2. The van der Waals surface area contributed by atoms with Crippen LogP contribution in [0.5, 0.6) is 0 Å². The Morgan fingerprint density at radius 1 is 0.882 bits per heavy atom. The molecule has 0 saturated carbocycles. The van der Waals surface area contributed by atoms with Crippen molar-refractivity contribution in [1.82, 2.24) is 0 Å². The summed E-state index contributed by atoms with van der Waals surface area (Å²) in [6.45, 7) is 21.1. The monoisotopic (exact) mass is 718 g/mol. The SMILES string of the molecule is CC/C=C(C)/C=C/[C@@H](O[C@@H]1O[C@@H](C)[C@H](O[Si](c2ccccc2)(c2ccccc2)C(C)(C)C)[C@@H](OC)[C@H]1OC)[C@H](C)/C(C)=C/C=C(\C)C(=O)OCC. The van der Waals surface area contributed by atoms with Crippen LogP contribution in [-0.4, -0.2) is 71.9 Å². The lowest BCUT2D eigenvalue weighted by molar-refractivity contribution is -0.307. The zero-order valence-corrected chi connectivity index (χ0v) is 34.0. The predicted molar refractivity (Wildman–Crippen MR) is 210 cm³/mol. The first-order valence-electron chi connectivity index (χ1n) is 18.3. The van der Waals surface area contributed by atoms with Crippen LogP contribution in [0.3, 0.4) is 0 Å². The van der Waals surface area contributed by atoms with E-state index in [9.17, 15) is 4.79 Å². The molecule has 2 aromatic carbocycles. The van der Waals surface area contributed by atoms with E-state index in [1.54, 1.807) is 34.1 Å². The van der Waals surface area contributed by atoms with E-state index in [2.05, 4.69) is 108 Å². The predicted octanol–water partition coefficient (Wildman–Crippen LogP) is 8.10. The number of hydrogen-bond donors (Lipinski definition) is 0. The number of carbonyl (C=O) groups excluding carboxylic acids is 1. The summed E-state index contributed by atoms with van der Waals surface area (Å²) in [4.78, 5) is 12.2. The van der Waals surface area contributed by atoms with Gasteiger partial charge in [-0.25, -0.2) is 4.79 Å². The average Bonchev–Trinajstić information content (AvgIpc) is 3.11. The standard InChI is InChI=1S/C43H62O7Si/c1-13-21-30(3)26-29-37(33(6)31(4)27-28-32(5)41(44)47-14-2)49-42-40(46-12)39(45-11)38(34(7)48-42)50-51(43(8,9)10,35-22-17-15-18-23-35)36-24-19-16-20-25-36/h15-29,33-34,37-40,42H,13-14H2,1-12H3/b29-26+,30-21+,31-27+,32-28+/t33-,34+,37-,38+,39-,40-,42+/m1/s1. The molecule has 0 aromatic heterocycles. The Labute approximate surface area is 308 Å². The van der Waals surface area contributed by atoms with Gasteiger partial charge in [0, 0.05) is 25.7 Å². The Morgan fingerprint density at radius 3 is 1.94 bits per heavy atom. The number of hydrogen-bond acceptors (Lipinski definition) is 7. The average molecular weight is 719 g/mol. The lowest BCUT2D eigenvalue weighted by atomic mass is 9.94. The van der Waals surface area contributed by atoms with E-state index in [0.29, 0.717) is 12.2 Å². The quantitative estimate of drug-likeness (QED) is 0.0752. The molecule has 1 aliphatic heterocycles. The molecule has 0 aliphatic carbocycles. The highest BCUT2D eigenvalue weighted by molar-refractivity contribution is 6.99. The number of ether oxygens (including phenoxy) is 5. The maximum atomic E-state index is 12.2. The van der Waals surface area contributed by atoms with Crippen molar-refractivity contribution in [3.05, 3.63) is 108 Å². The van der Waals surface area contributed by atoms with Crippen LogP contribution in [0.15, 0.2) is 108 Å². The number of esters is 1. The largest absolute Gasteiger partial charge is 0.463 e. The van der Waals surface area contributed by atoms with Gasteiger partial charge < -0.3 is 28.1 Å². The lowest BCUT2D eigenvalue weighted by Crippen LogP contribution is -2.71. The molecule has 7 nitrogen and oxygen atoms in total. The highest BCUT2D eigenvalue weighted by Gasteiger charge is 2.56. The highest BCUT2D eigenvalue weighted by Crippen LogP contribution is 2.40. The van der Waals surface area contributed by atoms with Gasteiger partial charge in [-0.2, -0.15) is 0 Å². The summed E-state index contributed by atoms with van der Waals surface area (Å²) < 4.78 is 38.9. The van der Waals surface area contributed by atoms with Crippen LogP contribution in [0.4, 0.5) is 0 Å². The second-order valence-corrected chi connectivity index (χ2v) is 18.7. The van der Waals surface area contributed by atoms with Gasteiger partial charge in [0.25, 0.3) is 8.32 Å². The number of allylic oxidation sites excluding steroid dienone is 5. The van der Waals surface area contributed by atoms with Crippen LogP contribution in [0.25, 0.3) is 0 Å². The molecule has 280 valence electrons. The molecule has 7 atom stereocenters. The fourth-order valence-corrected chi connectivity index (χ4v) is 11.5. The molecule has 0 N–H and O–H groups in total. The van der Waals surface area contributed by atoms with Crippen LogP contribution >= 0.6 is 0 Å². The van der Waals surface area contributed by atoms with Gasteiger partial charge >= 0.3 is 5.97 Å². The first-order chi connectivity index (χ1) is 24.2. The molecule has 0 unspecified atom stereocenters. The summed E-state index contributed by atoms with van der Waals surface area (Å²) in [6, 6.07) is 21.2. The third kappa shape index (κ3) is 10.5. The molecule has 0 amide bonds. The van der Waals surface area contributed by atoms with Gasteiger partial charge in [0.15, 0.2) is 6.29 Å². The van der Waals surface area contributed by atoms with Crippen molar-refractivity contribution in [3.8, 4) is 0 Å². The molecule has 0 bridgehead atoms. The molecular formula is C43H62O7Si. The van der Waals surface area contributed by atoms with Crippen LogP contribution in [0.2, 0.25) is 5.04 Å². The Kier molecular flexibility index (Phi) is 16.3. The molecule has 51 heavy (non-hydrogen) atoms. The topological polar surface area (TPSA) is 72.5 Å². The second-order valence-electron chi connectivity index (χ2n) is 14.4. The minimum absolute atomic E-state index is 0.0644. The molecule has 1 fully saturated rings. The van der Waals surface area contributed by atoms with Gasteiger partial charge in [0.2, 0.25) is 0 Å². The summed E-state index contributed by atoms with van der Waals surface area (Å²) in [6.07, 6.45) is 8.02. The van der Waals surface area contributed by atoms with Gasteiger partial charge in [0.1, 0.15) is 18.3 Å². The molecular weight excluding hydrogens is 657 g/mol. The van der Waals surface area contributed by atoms with Gasteiger partial charge in [-0.15, -0.1) is 0 Å². The van der Waals surface area contributed by atoms with Gasteiger partial charge in [-0.3, -0.25) is 0 Å². The van der Waals surface area contributed by atoms with Crippen LogP contribution < -0.4 is 10.4 Å². The van der Waals surface area contributed by atoms with Crippen molar-refractivity contribution in [3.63, 3.8) is 0 Å². The summed E-state index contributed by atoms with van der Waals surface area (Å²) >= 11 is 0. The minimum Gasteiger partial charge on any atom is -0.463 e. The lowest BCUT2D eigenvalue weighted by Gasteiger charge is -2.51. The summed E-state index contributed by atoms with van der Waals surface area (Å²) in [5.74, 6) is -0.388. The van der Waals surface area contributed by atoms with Crippen molar-refractivity contribution in [2.24, 2.45) is 5.92 Å². The Bertz CT molecular complexity index is 1450. The van der Waals surface area contributed by atoms with E-state index in [4.69, 9.17) is 28.1 Å². The number of carbonyl (C=O) groups is 1. The molecule has 1 saturated heterocycles. The van der Waals surface area contributed by atoms with Crippen molar-refractivity contribution in [2.45, 2.75) is 118 Å². The van der Waals surface area contributed by atoms with E-state index in [1.807, 2.05) is 32.1 Å². The molecule has 0 radical (unpaired) electrons. The van der Waals surface area contributed by atoms with Crippen LogP contribution in [0.1, 0.15) is 75.7 Å². The third-order valence-electron chi connectivity index (χ3n) is 9.77. The van der Waals surface area contributed by atoms with Crippen molar-refractivity contribution < 1.29 is 32.9 Å². The van der Waals surface area contributed by atoms with E-state index < -0.39 is 32.9 Å². The van der Waals surface area contributed by atoms with Gasteiger partial charge in [-0.1, -0.05) is 137 Å². The fourth-order valence-electron chi connectivity index (χ4n) is 6.76. The van der Waals surface area contributed by atoms with Crippen LogP contribution in [-0.2, 0) is 32.9 Å². The van der Waals surface area contributed by atoms with Crippen molar-refractivity contribution in [2.75, 3.05) is 20.8 Å². The second kappa shape index (κ2) is 19.6. The zero-order valence-electron chi connectivity index (χ0n) is 33.0. The first kappa shape index (κ1) is 42.3. The Balaban J connectivity index is 2.04. The molecule has 8 heteroatoms. The summed E-state index contributed by atoms with van der Waals surface area (Å²) in [7, 11) is 0.425. The molecule has 2 aromatic rings. The Morgan fingerprint density at radius 2 is 1.45 bits per heavy atom. The van der Waals surface area contributed by atoms with E-state index >= 15 is 0 Å². The number of benzene rings is 2. The van der Waals surface area contributed by atoms with Crippen molar-refractivity contribution in [1.29, 1.82) is 0 Å². The summed E-state index contributed by atoms with van der Waals surface area (Å²) in [5, 5.41) is 2.13. The number of rotatable bonds is 16. The normalized spacial score (nSPS) is 23.7. The van der Waals surface area contributed by atoms with Crippen molar-refractivity contribution >= 4 is 24.7 Å².